The van der Waals surface area contributed by atoms with Crippen molar-refractivity contribution in [3.05, 3.63) is 60.3 Å². The maximum absolute atomic E-state index is 11.9. The van der Waals surface area contributed by atoms with Gasteiger partial charge < -0.3 is 26.0 Å². The zero-order chi connectivity index (χ0) is 20.4. The molecule has 29 heavy (non-hydrogen) atoms. The molecule has 1 fully saturated rings. The molecule has 2 heterocycles. The summed E-state index contributed by atoms with van der Waals surface area (Å²) in [6.45, 7) is 2.16. The van der Waals surface area contributed by atoms with Crippen LogP contribution in [0.3, 0.4) is 0 Å². The smallest absolute Gasteiger partial charge is 0.407 e. The van der Waals surface area contributed by atoms with Crippen LogP contribution in [0.5, 0.6) is 0 Å². The molecule has 0 bridgehead atoms. The van der Waals surface area contributed by atoms with Crippen LogP contribution in [-0.4, -0.2) is 53.2 Å². The van der Waals surface area contributed by atoms with E-state index in [0.29, 0.717) is 37.4 Å². The molecule has 1 aliphatic heterocycles. The third kappa shape index (κ3) is 3.77. The van der Waals surface area contributed by atoms with Crippen LogP contribution < -0.4 is 16.0 Å². The molecule has 2 aromatic carbocycles. The fraction of sp³-hybridized carbons (Fsp3) is 0.190. The number of nitrogens with one attached hydrogen (secondary N) is 1. The largest absolute Gasteiger partial charge is 0.465 e. The molecule has 148 valence electrons. The molecule has 8 nitrogen and oxygen atoms in total. The van der Waals surface area contributed by atoms with Gasteiger partial charge in [0.1, 0.15) is 0 Å². The number of amides is 2. The van der Waals surface area contributed by atoms with Crippen molar-refractivity contribution >= 4 is 40.0 Å². The fourth-order valence-corrected chi connectivity index (χ4v) is 3.52. The highest BCUT2D eigenvalue weighted by Crippen LogP contribution is 2.31. The van der Waals surface area contributed by atoms with E-state index in [1.54, 1.807) is 0 Å². The van der Waals surface area contributed by atoms with Crippen LogP contribution in [0.2, 0.25) is 0 Å². The summed E-state index contributed by atoms with van der Waals surface area (Å²) >= 11 is 0. The highest BCUT2D eigenvalue weighted by atomic mass is 16.4. The maximum Gasteiger partial charge on any atom is 0.407 e. The predicted octanol–water partition coefficient (Wildman–Crippen LogP) is 2.88. The Hall–Kier alpha value is -3.81. The molecule has 0 radical (unpaired) electrons. The van der Waals surface area contributed by atoms with Gasteiger partial charge in [-0.05, 0) is 30.3 Å². The predicted molar refractivity (Wildman–Crippen MR) is 112 cm³/mol. The van der Waals surface area contributed by atoms with Crippen LogP contribution in [0, 0.1) is 0 Å². The van der Waals surface area contributed by atoms with Gasteiger partial charge in [0.15, 0.2) is 0 Å². The third-order valence-electron chi connectivity index (χ3n) is 5.08. The van der Waals surface area contributed by atoms with Crippen molar-refractivity contribution in [1.29, 1.82) is 0 Å². The molecule has 0 spiro atoms. The minimum absolute atomic E-state index is 0.323. The van der Waals surface area contributed by atoms with E-state index in [0.717, 1.165) is 22.3 Å². The van der Waals surface area contributed by atoms with Crippen molar-refractivity contribution in [3.63, 3.8) is 0 Å². The minimum atomic E-state index is -0.888. The minimum Gasteiger partial charge on any atom is -0.465 e. The first-order chi connectivity index (χ1) is 14.0. The van der Waals surface area contributed by atoms with Crippen LogP contribution in [0.25, 0.3) is 10.9 Å². The van der Waals surface area contributed by atoms with Gasteiger partial charge >= 0.3 is 6.09 Å². The summed E-state index contributed by atoms with van der Waals surface area (Å²) in [4.78, 5) is 31.0. The van der Waals surface area contributed by atoms with E-state index in [-0.39, 0.29) is 0 Å². The van der Waals surface area contributed by atoms with Crippen LogP contribution >= 0.6 is 0 Å². The van der Waals surface area contributed by atoms with Gasteiger partial charge in [-0.15, -0.1) is 0 Å². The van der Waals surface area contributed by atoms with Gasteiger partial charge in [-0.1, -0.05) is 18.2 Å². The Morgan fingerprint density at radius 3 is 2.41 bits per heavy atom. The number of piperazine rings is 1. The normalized spacial score (nSPS) is 14.1. The summed E-state index contributed by atoms with van der Waals surface area (Å²) in [6.07, 6.45) is 0.600. The molecule has 2 amide bonds. The summed E-state index contributed by atoms with van der Waals surface area (Å²) in [5, 5.41) is 13.2. The number of fused-ring (bicyclic) bond motifs is 1. The number of carboxylic acid groups (broad SMARTS) is 1. The quantitative estimate of drug-likeness (QED) is 0.630. The molecule has 0 atom stereocenters. The van der Waals surface area contributed by atoms with Gasteiger partial charge in [-0.25, -0.2) is 4.79 Å². The summed E-state index contributed by atoms with van der Waals surface area (Å²) in [7, 11) is 0. The number of carbonyl (C=O) groups is 2. The second-order valence-electron chi connectivity index (χ2n) is 6.86. The van der Waals surface area contributed by atoms with Crippen molar-refractivity contribution in [2.24, 2.45) is 5.73 Å². The molecular weight excluding hydrogens is 370 g/mol. The Balaban J connectivity index is 1.68. The average molecular weight is 391 g/mol. The zero-order valence-corrected chi connectivity index (χ0v) is 15.7. The van der Waals surface area contributed by atoms with Gasteiger partial charge in [0.05, 0.1) is 16.8 Å². The number of anilines is 3. The maximum atomic E-state index is 11.9. The second kappa shape index (κ2) is 7.67. The van der Waals surface area contributed by atoms with E-state index in [9.17, 15) is 9.59 Å². The first kappa shape index (κ1) is 18.5. The Morgan fingerprint density at radius 2 is 1.76 bits per heavy atom. The number of aromatic nitrogens is 1. The molecule has 0 saturated carbocycles. The van der Waals surface area contributed by atoms with Crippen LogP contribution in [0.4, 0.5) is 21.9 Å². The van der Waals surface area contributed by atoms with Crippen molar-refractivity contribution in [2.75, 3.05) is 36.4 Å². The molecule has 0 unspecified atom stereocenters. The number of nitrogens with zero attached hydrogens (tertiary/aromatic N) is 3. The third-order valence-corrected chi connectivity index (χ3v) is 5.08. The molecule has 3 aromatic rings. The number of hydrogen-bond acceptors (Lipinski definition) is 5. The van der Waals surface area contributed by atoms with E-state index in [1.165, 1.54) is 11.1 Å². The number of primary amides is 1. The van der Waals surface area contributed by atoms with Crippen LogP contribution in [0.15, 0.2) is 54.7 Å². The van der Waals surface area contributed by atoms with Crippen molar-refractivity contribution in [2.45, 2.75) is 0 Å². The Morgan fingerprint density at radius 1 is 1.03 bits per heavy atom. The molecular formula is C21H21N5O3. The summed E-state index contributed by atoms with van der Waals surface area (Å²) < 4.78 is 0. The summed E-state index contributed by atoms with van der Waals surface area (Å²) in [6, 6.07) is 15.4. The molecule has 8 heteroatoms. The lowest BCUT2D eigenvalue weighted by Gasteiger charge is -2.34. The Labute approximate surface area is 167 Å². The number of rotatable bonds is 4. The summed E-state index contributed by atoms with van der Waals surface area (Å²) in [5.74, 6) is -0.549. The number of hydrogen-bond donors (Lipinski definition) is 3. The second-order valence-corrected chi connectivity index (χ2v) is 6.86. The standard InChI is InChI=1S/C21H21N5O3/c22-20(27)17-13-23-18-12-15(25-8-10-26(11-9-25)21(28)29)6-7-16(18)19(17)24-14-4-2-1-3-5-14/h1-7,12-13H,8-11H2,(H2,22,27)(H,23,24)(H,28,29). The van der Waals surface area contributed by atoms with Crippen molar-refractivity contribution in [3.8, 4) is 0 Å². The van der Waals surface area contributed by atoms with Gasteiger partial charge in [-0.2, -0.15) is 0 Å². The van der Waals surface area contributed by atoms with E-state index < -0.39 is 12.0 Å². The van der Waals surface area contributed by atoms with Crippen LogP contribution in [-0.2, 0) is 0 Å². The molecule has 4 rings (SSSR count). The van der Waals surface area contributed by atoms with E-state index in [1.807, 2.05) is 48.5 Å². The van der Waals surface area contributed by atoms with Crippen molar-refractivity contribution < 1.29 is 14.7 Å². The highest BCUT2D eigenvalue weighted by Gasteiger charge is 2.21. The van der Waals surface area contributed by atoms with Crippen LogP contribution in [0.1, 0.15) is 10.4 Å². The number of pyridine rings is 1. The fourth-order valence-electron chi connectivity index (χ4n) is 3.52. The van der Waals surface area contributed by atoms with E-state index >= 15 is 0 Å². The van der Waals surface area contributed by atoms with Crippen molar-refractivity contribution in [1.82, 2.24) is 9.88 Å². The summed E-state index contributed by atoms with van der Waals surface area (Å²) in [5.41, 5.74) is 9.05. The Kier molecular flexibility index (Phi) is 4.90. The number of carbonyl (C=O) groups excluding carboxylic acids is 1. The van der Waals surface area contributed by atoms with Gasteiger partial charge in [0.25, 0.3) is 5.91 Å². The molecule has 4 N–H and O–H groups in total. The molecule has 0 aliphatic carbocycles. The highest BCUT2D eigenvalue weighted by molar-refractivity contribution is 6.07. The Bertz CT molecular complexity index is 1060. The average Bonchev–Trinajstić information content (AvgIpc) is 2.74. The van der Waals surface area contributed by atoms with E-state index in [2.05, 4.69) is 15.2 Å². The van der Waals surface area contributed by atoms with E-state index in [4.69, 9.17) is 10.8 Å². The molecule has 1 saturated heterocycles. The SMILES string of the molecule is NC(=O)c1cnc2cc(N3CCN(C(=O)O)CC3)ccc2c1Nc1ccccc1. The van der Waals surface area contributed by atoms with Gasteiger partial charge in [-0.3, -0.25) is 9.78 Å². The molecule has 1 aromatic heterocycles. The monoisotopic (exact) mass is 391 g/mol. The first-order valence-corrected chi connectivity index (χ1v) is 9.30. The first-order valence-electron chi connectivity index (χ1n) is 9.30. The number of benzene rings is 2. The zero-order valence-electron chi connectivity index (χ0n) is 15.7. The topological polar surface area (TPSA) is 112 Å². The van der Waals surface area contributed by atoms with Gasteiger partial charge in [0.2, 0.25) is 0 Å². The lowest BCUT2D eigenvalue weighted by molar-refractivity contribution is 0.100. The lowest BCUT2D eigenvalue weighted by Crippen LogP contribution is -2.48. The van der Waals surface area contributed by atoms with Gasteiger partial charge in [0, 0.05) is 49.1 Å². The number of nitrogens with two attached hydrogens (primary N) is 1. The lowest BCUT2D eigenvalue weighted by atomic mass is 10.1. The number of para-hydroxylation sites is 1. The molecule has 1 aliphatic rings.